The molecule has 0 rings (SSSR count). The molecule has 0 bridgehead atoms. The molecule has 46 valence electrons. The van der Waals surface area contributed by atoms with E-state index in [1.54, 1.807) is 0 Å². The summed E-state index contributed by atoms with van der Waals surface area (Å²) in [4.78, 5) is 0. The fourth-order valence-corrected chi connectivity index (χ4v) is 1.52. The molecule has 0 saturated heterocycles. The smallest absolute Gasteiger partial charge is 1.00 e. The number of alkyl halides is 1. The van der Waals surface area contributed by atoms with E-state index in [1.807, 2.05) is 0 Å². The van der Waals surface area contributed by atoms with Crippen LogP contribution in [0, 0.1) is 0 Å². The Kier molecular flexibility index (Phi) is 9.17. The zero-order valence-corrected chi connectivity index (χ0v) is 9.99. The number of halogens is 1. The van der Waals surface area contributed by atoms with E-state index in [9.17, 15) is 8.42 Å². The molecule has 8 heavy (non-hydrogen) atoms. The van der Waals surface area contributed by atoms with Gasteiger partial charge in [0.2, 0.25) is 0 Å². The van der Waals surface area contributed by atoms with E-state index in [4.69, 9.17) is 4.55 Å². The zero-order valence-electron chi connectivity index (χ0n) is 5.46. The van der Waals surface area contributed by atoms with Crippen molar-refractivity contribution in [1.29, 1.82) is 0 Å². The summed E-state index contributed by atoms with van der Waals surface area (Å²) >= 11 is 2.85. The predicted octanol–water partition coefficient (Wildman–Crippen LogP) is -2.61. The zero-order chi connectivity index (χ0) is 5.91. The van der Waals surface area contributed by atoms with Crippen molar-refractivity contribution in [2.45, 2.75) is 0 Å². The second kappa shape index (κ2) is 5.78. The molecule has 0 aliphatic rings. The molecule has 0 aromatic heterocycles. The van der Waals surface area contributed by atoms with Crippen molar-refractivity contribution in [3.05, 3.63) is 0 Å². The van der Waals surface area contributed by atoms with E-state index in [-0.39, 0.29) is 63.9 Å². The average Bonchev–Trinajstić information content (AvgIpc) is 1.30. The summed E-state index contributed by atoms with van der Waals surface area (Å²) < 4.78 is 27.5. The van der Waals surface area contributed by atoms with Crippen LogP contribution in [0.2, 0.25) is 0 Å². The third kappa shape index (κ3) is 10.9. The normalized spacial score (nSPS) is 10.2. The Morgan fingerprint density at radius 3 is 2.00 bits per heavy atom. The summed E-state index contributed by atoms with van der Waals surface area (Å²) in [5.74, 6) is -0.215. The second-order valence-corrected chi connectivity index (χ2v) is 3.34. The molecule has 0 aromatic rings. The van der Waals surface area contributed by atoms with Crippen molar-refractivity contribution >= 4 is 26.0 Å². The molecule has 0 unspecified atom stereocenters. The van der Waals surface area contributed by atoms with Crippen LogP contribution in [0.4, 0.5) is 0 Å². The monoisotopic (exact) mass is 228 g/mol. The Morgan fingerprint density at radius 2 is 2.00 bits per heavy atom. The largest absolute Gasteiger partial charge is 1.00 e. The predicted molar refractivity (Wildman–Crippen MR) is 31.3 cm³/mol. The Morgan fingerprint density at radius 1 is 1.62 bits per heavy atom. The van der Waals surface area contributed by atoms with Crippen molar-refractivity contribution in [3.8, 4) is 0 Å². The topological polar surface area (TPSA) is 54.4 Å². The molecule has 0 fully saturated rings. The summed E-state index contributed by atoms with van der Waals surface area (Å²) in [6, 6.07) is 0. The summed E-state index contributed by atoms with van der Waals surface area (Å²) in [6.45, 7) is 0. The van der Waals surface area contributed by atoms with Gasteiger partial charge in [-0.25, -0.2) is 0 Å². The SMILES string of the molecule is O=S(=O)(O)CCBr.[H-].[K+]. The van der Waals surface area contributed by atoms with Gasteiger partial charge in [0.25, 0.3) is 10.1 Å². The van der Waals surface area contributed by atoms with Gasteiger partial charge in [-0.1, -0.05) is 15.9 Å². The number of rotatable bonds is 2. The molecule has 0 heterocycles. The van der Waals surface area contributed by atoms with Crippen molar-refractivity contribution in [1.82, 2.24) is 0 Å². The van der Waals surface area contributed by atoms with E-state index < -0.39 is 10.1 Å². The van der Waals surface area contributed by atoms with Crippen LogP contribution < -0.4 is 51.4 Å². The van der Waals surface area contributed by atoms with E-state index in [0.717, 1.165) is 0 Å². The molecule has 0 spiro atoms. The quantitative estimate of drug-likeness (QED) is 0.320. The summed E-state index contributed by atoms with van der Waals surface area (Å²) in [7, 11) is -3.72. The molecule has 0 radical (unpaired) electrons. The van der Waals surface area contributed by atoms with Crippen LogP contribution in [-0.2, 0) is 10.1 Å². The minimum Gasteiger partial charge on any atom is -1.00 e. The van der Waals surface area contributed by atoms with Crippen molar-refractivity contribution in [3.63, 3.8) is 0 Å². The summed E-state index contributed by atoms with van der Waals surface area (Å²) in [6.07, 6.45) is 0. The van der Waals surface area contributed by atoms with E-state index >= 15 is 0 Å². The standard InChI is InChI=1S/C2H5BrO3S.K.H/c3-1-2-7(4,5)6;;/h1-2H2,(H,4,5,6);;/q;+1;-1. The van der Waals surface area contributed by atoms with Gasteiger partial charge >= 0.3 is 51.4 Å². The Bertz CT molecular complexity index is 135. The van der Waals surface area contributed by atoms with Crippen LogP contribution >= 0.6 is 15.9 Å². The Hall–Kier alpha value is 2.03. The fourth-order valence-electron chi connectivity index (χ4n) is 0.0975. The van der Waals surface area contributed by atoms with Crippen LogP contribution in [0.5, 0.6) is 0 Å². The van der Waals surface area contributed by atoms with Gasteiger partial charge in [-0.05, 0) is 0 Å². The van der Waals surface area contributed by atoms with Gasteiger partial charge in [0.05, 0.1) is 5.75 Å². The van der Waals surface area contributed by atoms with Crippen molar-refractivity contribution in [2.75, 3.05) is 11.1 Å². The molecular weight excluding hydrogens is 223 g/mol. The molecule has 0 atom stereocenters. The molecule has 0 aromatic carbocycles. The second-order valence-electron chi connectivity index (χ2n) is 0.975. The van der Waals surface area contributed by atoms with Crippen molar-refractivity contribution < 1.29 is 65.8 Å². The third-order valence-electron chi connectivity index (χ3n) is 0.335. The van der Waals surface area contributed by atoms with Gasteiger partial charge in [-0.3, -0.25) is 4.55 Å². The van der Waals surface area contributed by atoms with Gasteiger partial charge in [0.1, 0.15) is 0 Å². The Balaban J connectivity index is -0.000000180. The van der Waals surface area contributed by atoms with Crippen LogP contribution in [0.15, 0.2) is 0 Å². The van der Waals surface area contributed by atoms with Gasteiger partial charge in [-0.15, -0.1) is 0 Å². The maximum absolute atomic E-state index is 9.76. The molecule has 1 N–H and O–H groups in total. The minimum absolute atomic E-state index is 0. The van der Waals surface area contributed by atoms with Gasteiger partial charge in [0, 0.05) is 5.33 Å². The maximum atomic E-state index is 9.76. The average molecular weight is 229 g/mol. The maximum Gasteiger partial charge on any atom is 1.00 e. The first-order chi connectivity index (χ1) is 3.06. The minimum atomic E-state index is -3.72. The molecule has 0 saturated carbocycles. The van der Waals surface area contributed by atoms with Crippen molar-refractivity contribution in [2.24, 2.45) is 0 Å². The first kappa shape index (κ1) is 12.7. The van der Waals surface area contributed by atoms with Gasteiger partial charge in [0.15, 0.2) is 0 Å². The summed E-state index contributed by atoms with van der Waals surface area (Å²) in [5.41, 5.74) is 0. The van der Waals surface area contributed by atoms with Crippen LogP contribution in [0.25, 0.3) is 0 Å². The fraction of sp³-hybridized carbons (Fsp3) is 1.00. The Labute approximate surface area is 101 Å². The molecule has 3 nitrogen and oxygen atoms in total. The first-order valence-corrected chi connectivity index (χ1v) is 4.30. The van der Waals surface area contributed by atoms with Crippen LogP contribution in [-0.4, -0.2) is 24.1 Å². The van der Waals surface area contributed by atoms with E-state index in [1.165, 1.54) is 0 Å². The van der Waals surface area contributed by atoms with Gasteiger partial charge in [-0.2, -0.15) is 8.42 Å². The molecular formula is C2H6BrKO3S. The van der Waals surface area contributed by atoms with Gasteiger partial charge < -0.3 is 1.43 Å². The third-order valence-corrected chi connectivity index (χ3v) is 1.98. The summed E-state index contributed by atoms with van der Waals surface area (Å²) in [5, 5.41) is 0.284. The van der Waals surface area contributed by atoms with E-state index in [0.29, 0.717) is 0 Å². The number of hydrogen-bond donors (Lipinski definition) is 1. The van der Waals surface area contributed by atoms with Crippen LogP contribution in [0.3, 0.4) is 0 Å². The first-order valence-electron chi connectivity index (χ1n) is 1.57. The molecule has 6 heteroatoms. The molecule has 0 aliphatic heterocycles. The molecule has 0 amide bonds. The van der Waals surface area contributed by atoms with Crippen LogP contribution in [0.1, 0.15) is 1.43 Å². The molecule has 0 aliphatic carbocycles. The number of hydrogen-bond acceptors (Lipinski definition) is 2. The van der Waals surface area contributed by atoms with E-state index in [2.05, 4.69) is 15.9 Å².